The summed E-state index contributed by atoms with van der Waals surface area (Å²) < 4.78 is 25.3. The lowest BCUT2D eigenvalue weighted by atomic mass is 10.4. The lowest BCUT2D eigenvalue weighted by molar-refractivity contribution is -0.118. The van der Waals surface area contributed by atoms with Crippen LogP contribution >= 0.6 is 11.6 Å². The molecule has 0 aromatic heterocycles. The van der Waals surface area contributed by atoms with Gasteiger partial charge in [-0.05, 0) is 24.3 Å². The molecule has 0 bridgehead atoms. The molecule has 0 aliphatic heterocycles. The smallest absolute Gasteiger partial charge is 0.243 e. The largest absolute Gasteiger partial charge is 0.369 e. The minimum absolute atomic E-state index is 0.00784. The molecule has 98 valence electrons. The SMILES string of the molecule is C=CCN(CC(N)=O)S(=O)(=O)c1ccc(Cl)cc1. The van der Waals surface area contributed by atoms with Gasteiger partial charge >= 0.3 is 0 Å². The Hall–Kier alpha value is -1.37. The van der Waals surface area contributed by atoms with Gasteiger partial charge in [-0.15, -0.1) is 6.58 Å². The van der Waals surface area contributed by atoms with E-state index in [1.807, 2.05) is 0 Å². The summed E-state index contributed by atoms with van der Waals surface area (Å²) in [5.41, 5.74) is 5.02. The van der Waals surface area contributed by atoms with E-state index in [0.717, 1.165) is 4.31 Å². The molecule has 1 aromatic rings. The van der Waals surface area contributed by atoms with Crippen LogP contribution in [0.3, 0.4) is 0 Å². The standard InChI is InChI=1S/C11H13ClN2O3S/c1-2-7-14(8-11(13)15)18(16,17)10-5-3-9(12)4-6-10/h2-6H,1,7-8H2,(H2,13,15). The maximum atomic E-state index is 12.2. The van der Waals surface area contributed by atoms with Crippen LogP contribution in [0.15, 0.2) is 41.8 Å². The number of carbonyl (C=O) groups is 1. The second-order valence-corrected chi connectivity index (χ2v) is 5.88. The van der Waals surface area contributed by atoms with E-state index in [9.17, 15) is 13.2 Å². The maximum Gasteiger partial charge on any atom is 0.243 e. The lowest BCUT2D eigenvalue weighted by Crippen LogP contribution is -2.38. The summed E-state index contributed by atoms with van der Waals surface area (Å²) in [6.07, 6.45) is 1.39. The van der Waals surface area contributed by atoms with Crippen molar-refractivity contribution in [1.82, 2.24) is 4.31 Å². The summed E-state index contributed by atoms with van der Waals surface area (Å²) >= 11 is 5.69. The van der Waals surface area contributed by atoms with Crippen molar-refractivity contribution < 1.29 is 13.2 Å². The summed E-state index contributed by atoms with van der Waals surface area (Å²) in [5.74, 6) is -0.727. The molecule has 0 radical (unpaired) electrons. The monoisotopic (exact) mass is 288 g/mol. The van der Waals surface area contributed by atoms with E-state index >= 15 is 0 Å². The quantitative estimate of drug-likeness (QED) is 0.793. The average Bonchev–Trinajstić information content (AvgIpc) is 2.28. The third-order valence-electron chi connectivity index (χ3n) is 2.12. The number of halogens is 1. The van der Waals surface area contributed by atoms with Gasteiger partial charge in [0.2, 0.25) is 15.9 Å². The number of primary amides is 1. The second kappa shape index (κ2) is 5.99. The molecule has 1 aromatic carbocycles. The van der Waals surface area contributed by atoms with Gasteiger partial charge < -0.3 is 5.73 Å². The summed E-state index contributed by atoms with van der Waals surface area (Å²) in [7, 11) is -3.77. The Morgan fingerprint density at radius 2 is 1.94 bits per heavy atom. The van der Waals surface area contributed by atoms with Gasteiger partial charge in [0.1, 0.15) is 0 Å². The van der Waals surface area contributed by atoms with Crippen molar-refractivity contribution in [2.45, 2.75) is 4.90 Å². The van der Waals surface area contributed by atoms with Crippen LogP contribution in [0.1, 0.15) is 0 Å². The van der Waals surface area contributed by atoms with Gasteiger partial charge in [0, 0.05) is 11.6 Å². The third-order valence-corrected chi connectivity index (χ3v) is 4.19. The van der Waals surface area contributed by atoms with Gasteiger partial charge in [0.05, 0.1) is 11.4 Å². The molecule has 2 N–H and O–H groups in total. The maximum absolute atomic E-state index is 12.2. The van der Waals surface area contributed by atoms with Crippen molar-refractivity contribution in [3.8, 4) is 0 Å². The highest BCUT2D eigenvalue weighted by molar-refractivity contribution is 7.89. The van der Waals surface area contributed by atoms with Crippen LogP contribution in [0.4, 0.5) is 0 Å². The van der Waals surface area contributed by atoms with Crippen molar-refractivity contribution >= 4 is 27.5 Å². The van der Waals surface area contributed by atoms with Crippen LogP contribution in [0.2, 0.25) is 5.02 Å². The molecule has 5 nitrogen and oxygen atoms in total. The van der Waals surface area contributed by atoms with Crippen molar-refractivity contribution in [3.63, 3.8) is 0 Å². The molecule has 0 saturated carbocycles. The predicted octanol–water partition coefficient (Wildman–Crippen LogP) is 1.00. The van der Waals surface area contributed by atoms with Crippen LogP contribution in [-0.4, -0.2) is 31.7 Å². The summed E-state index contributed by atoms with van der Waals surface area (Å²) in [6.45, 7) is 3.07. The molecule has 0 aliphatic carbocycles. The van der Waals surface area contributed by atoms with Gasteiger partial charge in [-0.25, -0.2) is 8.42 Å². The minimum Gasteiger partial charge on any atom is -0.369 e. The summed E-state index contributed by atoms with van der Waals surface area (Å²) in [6, 6.07) is 5.67. The summed E-state index contributed by atoms with van der Waals surface area (Å²) in [5, 5.41) is 0.430. The molecule has 0 fully saturated rings. The highest BCUT2D eigenvalue weighted by Crippen LogP contribution is 2.18. The minimum atomic E-state index is -3.77. The van der Waals surface area contributed by atoms with Crippen LogP contribution in [-0.2, 0) is 14.8 Å². The Kier molecular flexibility index (Phi) is 4.89. The Balaban J connectivity index is 3.11. The second-order valence-electron chi connectivity index (χ2n) is 3.51. The average molecular weight is 289 g/mol. The molecule has 0 heterocycles. The van der Waals surface area contributed by atoms with Gasteiger partial charge in [-0.2, -0.15) is 4.31 Å². The van der Waals surface area contributed by atoms with E-state index in [-0.39, 0.29) is 11.4 Å². The fourth-order valence-corrected chi connectivity index (χ4v) is 2.82. The Bertz CT molecular complexity index is 540. The fourth-order valence-electron chi connectivity index (χ4n) is 1.32. The van der Waals surface area contributed by atoms with Gasteiger partial charge in [-0.3, -0.25) is 4.79 Å². The van der Waals surface area contributed by atoms with Crippen LogP contribution in [0, 0.1) is 0 Å². The Morgan fingerprint density at radius 3 is 2.39 bits per heavy atom. The number of nitrogens with zero attached hydrogens (tertiary/aromatic N) is 1. The highest BCUT2D eigenvalue weighted by atomic mass is 35.5. The number of amides is 1. The first-order chi connectivity index (χ1) is 8.37. The molecule has 1 rings (SSSR count). The zero-order valence-electron chi connectivity index (χ0n) is 9.54. The molecule has 7 heteroatoms. The molecule has 0 spiro atoms. The van der Waals surface area contributed by atoms with E-state index in [1.54, 1.807) is 0 Å². The molecule has 1 amide bonds. The third kappa shape index (κ3) is 3.56. The number of sulfonamides is 1. The van der Waals surface area contributed by atoms with Crippen molar-refractivity contribution in [2.24, 2.45) is 5.73 Å². The lowest BCUT2D eigenvalue weighted by Gasteiger charge is -2.19. The molecular weight excluding hydrogens is 276 g/mol. The Morgan fingerprint density at radius 1 is 1.39 bits per heavy atom. The van der Waals surface area contributed by atoms with Crippen molar-refractivity contribution in [2.75, 3.05) is 13.1 Å². The van der Waals surface area contributed by atoms with Crippen LogP contribution in [0.25, 0.3) is 0 Å². The van der Waals surface area contributed by atoms with Crippen LogP contribution < -0.4 is 5.73 Å². The predicted molar refractivity (Wildman–Crippen MR) is 69.6 cm³/mol. The van der Waals surface area contributed by atoms with E-state index in [0.29, 0.717) is 5.02 Å². The molecule has 0 aliphatic rings. The first-order valence-corrected chi connectivity index (χ1v) is 6.84. The number of rotatable bonds is 6. The highest BCUT2D eigenvalue weighted by Gasteiger charge is 2.24. The van der Waals surface area contributed by atoms with Gasteiger partial charge in [0.15, 0.2) is 0 Å². The first kappa shape index (κ1) is 14.7. The molecule has 0 saturated heterocycles. The van der Waals surface area contributed by atoms with E-state index in [4.69, 9.17) is 17.3 Å². The molecule has 18 heavy (non-hydrogen) atoms. The van der Waals surface area contributed by atoms with Crippen molar-refractivity contribution in [3.05, 3.63) is 41.9 Å². The van der Waals surface area contributed by atoms with Crippen LogP contribution in [0.5, 0.6) is 0 Å². The van der Waals surface area contributed by atoms with E-state index in [1.165, 1.54) is 30.3 Å². The molecule has 0 unspecified atom stereocenters. The number of carbonyl (C=O) groups excluding carboxylic acids is 1. The molecule has 0 atom stereocenters. The van der Waals surface area contributed by atoms with E-state index < -0.39 is 22.5 Å². The topological polar surface area (TPSA) is 80.5 Å². The number of hydrogen-bond donors (Lipinski definition) is 1. The van der Waals surface area contributed by atoms with Gasteiger partial charge in [-0.1, -0.05) is 17.7 Å². The molecular formula is C11H13ClN2O3S. The normalized spacial score (nSPS) is 11.4. The zero-order chi connectivity index (χ0) is 13.8. The fraction of sp³-hybridized carbons (Fsp3) is 0.182. The van der Waals surface area contributed by atoms with Crippen molar-refractivity contribution in [1.29, 1.82) is 0 Å². The van der Waals surface area contributed by atoms with E-state index in [2.05, 4.69) is 6.58 Å². The number of nitrogens with two attached hydrogens (primary N) is 1. The summed E-state index contributed by atoms with van der Waals surface area (Å²) in [4.78, 5) is 10.9. The number of hydrogen-bond acceptors (Lipinski definition) is 3. The zero-order valence-corrected chi connectivity index (χ0v) is 11.1. The van der Waals surface area contributed by atoms with Gasteiger partial charge in [0.25, 0.3) is 0 Å². The Labute approximate surface area is 111 Å². The first-order valence-electron chi connectivity index (χ1n) is 5.03. The number of benzene rings is 1.